The third-order valence-corrected chi connectivity index (χ3v) is 7.56. The summed E-state index contributed by atoms with van der Waals surface area (Å²) in [6.07, 6.45) is 10.4. The van der Waals surface area contributed by atoms with Gasteiger partial charge in [-0.2, -0.15) is 5.10 Å². The van der Waals surface area contributed by atoms with Gasteiger partial charge in [-0.15, -0.1) is 0 Å². The molecule has 0 spiro atoms. The first-order chi connectivity index (χ1) is 16.3. The molecule has 2 aromatic rings. The SMILES string of the molecule is C.Cc1c(/C(N)=C/C=C(N)N)ccc2nn(C)cc12.[B]C1CC2CN(CC3CCOCC3)CC2C1. The normalized spacial score (nSPS) is 25.0. The number of benzene rings is 1. The van der Waals surface area contributed by atoms with Crippen molar-refractivity contribution in [1.82, 2.24) is 14.7 Å². The van der Waals surface area contributed by atoms with Gasteiger partial charge in [-0.1, -0.05) is 32.2 Å². The van der Waals surface area contributed by atoms with Crippen LogP contribution in [0, 0.1) is 24.7 Å². The van der Waals surface area contributed by atoms with E-state index in [0.717, 1.165) is 53.0 Å². The van der Waals surface area contributed by atoms with Crippen LogP contribution in [0.25, 0.3) is 16.6 Å². The van der Waals surface area contributed by atoms with Gasteiger partial charge >= 0.3 is 0 Å². The second-order valence-corrected chi connectivity index (χ2v) is 10.3. The molecule has 1 aromatic heterocycles. The number of nitrogens with zero attached hydrogens (tertiary/aromatic N) is 3. The summed E-state index contributed by atoms with van der Waals surface area (Å²) in [5, 5.41) is 5.45. The zero-order chi connectivity index (χ0) is 24.2. The topological polar surface area (TPSA) is 108 Å². The second-order valence-electron chi connectivity index (χ2n) is 10.3. The molecule has 3 fully saturated rings. The number of aryl methyl sites for hydroxylation is 2. The molecule has 0 bridgehead atoms. The molecular formula is C27H43BN6O. The highest BCUT2D eigenvalue weighted by Gasteiger charge is 2.39. The molecule has 2 aliphatic heterocycles. The third-order valence-electron chi connectivity index (χ3n) is 7.56. The average molecular weight is 478 g/mol. The predicted octanol–water partition coefficient (Wildman–Crippen LogP) is 3.29. The first kappa shape index (κ1) is 27.1. The van der Waals surface area contributed by atoms with Crippen molar-refractivity contribution in [1.29, 1.82) is 0 Å². The van der Waals surface area contributed by atoms with Crippen LogP contribution >= 0.6 is 0 Å². The van der Waals surface area contributed by atoms with Crippen LogP contribution in [0.2, 0.25) is 5.82 Å². The van der Waals surface area contributed by atoms with Gasteiger partial charge in [0.1, 0.15) is 0 Å². The lowest BCUT2D eigenvalue weighted by Crippen LogP contribution is -2.31. The molecule has 8 heteroatoms. The van der Waals surface area contributed by atoms with E-state index in [0.29, 0.717) is 11.5 Å². The number of nitrogens with two attached hydrogens (primary N) is 3. The van der Waals surface area contributed by atoms with E-state index in [1.165, 1.54) is 45.3 Å². The Morgan fingerprint density at radius 2 is 1.77 bits per heavy atom. The van der Waals surface area contributed by atoms with Crippen molar-refractivity contribution < 1.29 is 4.74 Å². The average Bonchev–Trinajstić information content (AvgIpc) is 3.45. The molecule has 1 aromatic carbocycles. The maximum absolute atomic E-state index is 6.02. The minimum absolute atomic E-state index is 0. The lowest BCUT2D eigenvalue weighted by Gasteiger charge is -2.27. The number of hydrogen-bond donors (Lipinski definition) is 3. The zero-order valence-corrected chi connectivity index (χ0v) is 20.6. The highest BCUT2D eigenvalue weighted by Crippen LogP contribution is 2.43. The number of rotatable bonds is 4. The maximum atomic E-state index is 6.02. The molecule has 190 valence electrons. The lowest BCUT2D eigenvalue weighted by atomic mass is 9.85. The highest BCUT2D eigenvalue weighted by atomic mass is 16.5. The van der Waals surface area contributed by atoms with Crippen molar-refractivity contribution in [3.8, 4) is 0 Å². The van der Waals surface area contributed by atoms with Gasteiger partial charge in [-0.3, -0.25) is 4.68 Å². The first-order valence-electron chi connectivity index (χ1n) is 12.5. The molecule has 1 saturated carbocycles. The quantitative estimate of drug-likeness (QED) is 0.460. The van der Waals surface area contributed by atoms with E-state index in [1.54, 1.807) is 16.8 Å². The van der Waals surface area contributed by atoms with Gasteiger partial charge in [-0.25, -0.2) is 0 Å². The van der Waals surface area contributed by atoms with Crippen molar-refractivity contribution in [3.63, 3.8) is 0 Å². The van der Waals surface area contributed by atoms with Crippen LogP contribution in [0.3, 0.4) is 0 Å². The van der Waals surface area contributed by atoms with E-state index < -0.39 is 0 Å². The van der Waals surface area contributed by atoms with Gasteiger partial charge in [0.25, 0.3) is 0 Å². The molecule has 6 N–H and O–H groups in total. The molecule has 1 aliphatic carbocycles. The Bertz CT molecular complexity index is 1020. The van der Waals surface area contributed by atoms with Crippen LogP contribution in [0.4, 0.5) is 0 Å². The summed E-state index contributed by atoms with van der Waals surface area (Å²) in [7, 11) is 7.92. The Labute approximate surface area is 212 Å². The molecule has 5 rings (SSSR count). The number of likely N-dealkylation sites (tertiary alicyclic amines) is 1. The van der Waals surface area contributed by atoms with E-state index in [4.69, 9.17) is 29.8 Å². The smallest absolute Gasteiger partial charge is 0.0934 e. The molecule has 2 radical (unpaired) electrons. The van der Waals surface area contributed by atoms with Crippen molar-refractivity contribution >= 4 is 24.4 Å². The molecule has 35 heavy (non-hydrogen) atoms. The first-order valence-corrected chi connectivity index (χ1v) is 12.5. The molecule has 0 amide bonds. The Hall–Kier alpha value is -2.45. The van der Waals surface area contributed by atoms with E-state index in [-0.39, 0.29) is 13.2 Å². The van der Waals surface area contributed by atoms with Crippen LogP contribution in [0.15, 0.2) is 36.3 Å². The largest absolute Gasteiger partial charge is 0.398 e. The summed E-state index contributed by atoms with van der Waals surface area (Å²) in [4.78, 5) is 2.69. The fraction of sp³-hybridized carbons (Fsp3) is 0.593. The Balaban J connectivity index is 0.000000191. The van der Waals surface area contributed by atoms with Gasteiger partial charge in [0.2, 0.25) is 0 Å². The minimum atomic E-state index is 0. The van der Waals surface area contributed by atoms with Crippen molar-refractivity contribution in [2.45, 2.75) is 45.9 Å². The Morgan fingerprint density at radius 3 is 2.40 bits per heavy atom. The molecule has 2 saturated heterocycles. The Morgan fingerprint density at radius 1 is 1.11 bits per heavy atom. The summed E-state index contributed by atoms with van der Waals surface area (Å²) in [6.45, 7) is 7.93. The van der Waals surface area contributed by atoms with Gasteiger partial charge in [0.15, 0.2) is 0 Å². The number of hydrogen-bond acceptors (Lipinski definition) is 6. The third kappa shape index (κ3) is 6.82. The number of allylic oxidation sites excluding steroid dienone is 2. The molecule has 7 nitrogen and oxygen atoms in total. The number of aromatic nitrogens is 2. The van der Waals surface area contributed by atoms with Gasteiger partial charge in [0.05, 0.1) is 19.2 Å². The van der Waals surface area contributed by atoms with Crippen molar-refractivity contribution in [3.05, 3.63) is 47.4 Å². The van der Waals surface area contributed by atoms with E-state index in [2.05, 4.69) is 10.00 Å². The summed E-state index contributed by atoms with van der Waals surface area (Å²) >= 11 is 0. The van der Waals surface area contributed by atoms with E-state index in [9.17, 15) is 0 Å². The van der Waals surface area contributed by atoms with E-state index in [1.807, 2.05) is 32.3 Å². The minimum Gasteiger partial charge on any atom is -0.398 e. The van der Waals surface area contributed by atoms with Crippen LogP contribution in [0.5, 0.6) is 0 Å². The fourth-order valence-electron chi connectivity index (χ4n) is 5.83. The fourth-order valence-corrected chi connectivity index (χ4v) is 5.83. The van der Waals surface area contributed by atoms with E-state index >= 15 is 0 Å². The molecule has 2 atom stereocenters. The van der Waals surface area contributed by atoms with Crippen LogP contribution < -0.4 is 17.2 Å². The number of fused-ring (bicyclic) bond motifs is 2. The number of ether oxygens (including phenoxy) is 1. The Kier molecular flexibility index (Phi) is 9.31. The second kappa shape index (κ2) is 12.0. The molecule has 3 heterocycles. The summed E-state index contributed by atoms with van der Waals surface area (Å²) in [6, 6.07) is 3.91. The van der Waals surface area contributed by atoms with Crippen LogP contribution in [-0.4, -0.2) is 55.4 Å². The predicted molar refractivity (Wildman–Crippen MR) is 147 cm³/mol. The lowest BCUT2D eigenvalue weighted by molar-refractivity contribution is 0.0546. The van der Waals surface area contributed by atoms with Crippen molar-refractivity contribution in [2.75, 3.05) is 32.8 Å². The van der Waals surface area contributed by atoms with Crippen LogP contribution in [-0.2, 0) is 11.8 Å². The summed E-state index contributed by atoms with van der Waals surface area (Å²) in [5.41, 5.74) is 20.4. The maximum Gasteiger partial charge on any atom is 0.0934 e. The monoisotopic (exact) mass is 478 g/mol. The summed E-state index contributed by atoms with van der Waals surface area (Å²) < 4.78 is 7.21. The van der Waals surface area contributed by atoms with Gasteiger partial charge in [0, 0.05) is 62.7 Å². The van der Waals surface area contributed by atoms with Gasteiger partial charge in [-0.05, 0) is 61.3 Å². The van der Waals surface area contributed by atoms with Crippen molar-refractivity contribution in [2.24, 2.45) is 42.0 Å². The highest BCUT2D eigenvalue weighted by molar-refractivity contribution is 6.11. The van der Waals surface area contributed by atoms with Crippen LogP contribution in [0.1, 0.15) is 44.2 Å². The zero-order valence-electron chi connectivity index (χ0n) is 20.6. The standard InChI is InChI=1S/C13H22BNO.C13H17N5.CH4/c14-13-5-11-8-15(9-12(11)6-13)7-10-1-3-16-4-2-10;1-8-9(11(14)4-6-13(15)16)3-5-12-10(8)7-18(2)17-12;/h10-13H,1-9H2;3-7H,14-16H2,1-2H3;1H4/b;11-4-;. The molecule has 2 unspecified atom stereocenters. The summed E-state index contributed by atoms with van der Waals surface area (Å²) in [5.74, 6) is 3.45. The molecular weight excluding hydrogens is 435 g/mol. The van der Waals surface area contributed by atoms with Gasteiger partial charge < -0.3 is 26.8 Å². The molecule has 3 aliphatic rings.